The van der Waals surface area contributed by atoms with Crippen LogP contribution in [0.1, 0.15) is 15.2 Å². The van der Waals surface area contributed by atoms with E-state index < -0.39 is 0 Å². The van der Waals surface area contributed by atoms with Crippen molar-refractivity contribution in [2.24, 2.45) is 0 Å². The normalized spacial score (nSPS) is 10.5. The molecule has 0 fully saturated rings. The second-order valence-corrected chi connectivity index (χ2v) is 5.27. The molecule has 0 aliphatic carbocycles. The zero-order chi connectivity index (χ0) is 13.1. The van der Waals surface area contributed by atoms with Gasteiger partial charge < -0.3 is 4.74 Å². The van der Waals surface area contributed by atoms with Crippen molar-refractivity contribution in [1.29, 1.82) is 0 Å². The van der Waals surface area contributed by atoms with Crippen molar-refractivity contribution in [1.82, 2.24) is 0 Å². The number of hydrogen-bond donors (Lipinski definition) is 0. The summed E-state index contributed by atoms with van der Waals surface area (Å²) in [5.41, 5.74) is 1.09. The minimum atomic E-state index is 0.475. The molecular weight excluding hydrogens is 256 g/mol. The molecule has 0 aliphatic rings. The molecule has 2 nitrogen and oxygen atoms in total. The van der Waals surface area contributed by atoms with Gasteiger partial charge in [0.1, 0.15) is 17.2 Å². The molecule has 2 aromatic carbocycles. The highest BCUT2D eigenvalue weighted by atomic mass is 32.1. The Morgan fingerprint density at radius 2 is 1.74 bits per heavy atom. The van der Waals surface area contributed by atoms with E-state index >= 15 is 0 Å². The van der Waals surface area contributed by atoms with Gasteiger partial charge in [-0.15, -0.1) is 11.3 Å². The van der Waals surface area contributed by atoms with Gasteiger partial charge in [0, 0.05) is 10.1 Å². The van der Waals surface area contributed by atoms with Crippen molar-refractivity contribution in [2.45, 2.75) is 6.61 Å². The first-order valence-corrected chi connectivity index (χ1v) is 6.83. The maximum atomic E-state index is 11.1. The second-order valence-electron chi connectivity index (χ2n) is 4.18. The zero-order valence-corrected chi connectivity index (χ0v) is 11.0. The van der Waals surface area contributed by atoms with E-state index in [9.17, 15) is 4.79 Å². The topological polar surface area (TPSA) is 26.3 Å². The third kappa shape index (κ3) is 2.37. The van der Waals surface area contributed by atoms with E-state index in [0.717, 1.165) is 21.9 Å². The van der Waals surface area contributed by atoms with Gasteiger partial charge in [-0.2, -0.15) is 0 Å². The molecule has 0 saturated heterocycles. The van der Waals surface area contributed by atoms with E-state index in [1.807, 2.05) is 54.6 Å². The summed E-state index contributed by atoms with van der Waals surface area (Å²) in [6, 6.07) is 17.9. The van der Waals surface area contributed by atoms with E-state index in [1.165, 1.54) is 11.3 Å². The summed E-state index contributed by atoms with van der Waals surface area (Å²) < 4.78 is 6.92. The van der Waals surface area contributed by atoms with Crippen LogP contribution in [0, 0.1) is 0 Å². The molecule has 1 heterocycles. The highest BCUT2D eigenvalue weighted by Crippen LogP contribution is 2.36. The van der Waals surface area contributed by atoms with Crippen LogP contribution in [0.2, 0.25) is 0 Å². The fraction of sp³-hybridized carbons (Fsp3) is 0.0625. The predicted octanol–water partition coefficient (Wildman–Crippen LogP) is 4.29. The van der Waals surface area contributed by atoms with Crippen LogP contribution in [0.25, 0.3) is 10.1 Å². The number of aldehydes is 1. The summed E-state index contributed by atoms with van der Waals surface area (Å²) >= 11 is 1.47. The smallest absolute Gasteiger partial charge is 0.163 e. The van der Waals surface area contributed by atoms with Gasteiger partial charge >= 0.3 is 0 Å². The van der Waals surface area contributed by atoms with Crippen molar-refractivity contribution in [2.75, 3.05) is 0 Å². The van der Waals surface area contributed by atoms with E-state index in [4.69, 9.17) is 4.74 Å². The van der Waals surface area contributed by atoms with Gasteiger partial charge in [-0.3, -0.25) is 4.79 Å². The Balaban J connectivity index is 1.93. The van der Waals surface area contributed by atoms with Crippen molar-refractivity contribution >= 4 is 27.7 Å². The molecule has 19 heavy (non-hydrogen) atoms. The average molecular weight is 268 g/mol. The maximum Gasteiger partial charge on any atom is 0.163 e. The predicted molar refractivity (Wildman–Crippen MR) is 78.0 cm³/mol. The van der Waals surface area contributed by atoms with Crippen LogP contribution < -0.4 is 4.74 Å². The van der Waals surface area contributed by atoms with Crippen molar-refractivity contribution in [3.63, 3.8) is 0 Å². The Labute approximate surface area is 115 Å². The lowest BCUT2D eigenvalue weighted by Gasteiger charge is -2.06. The first-order chi connectivity index (χ1) is 9.38. The Kier molecular flexibility index (Phi) is 3.29. The molecule has 3 rings (SSSR count). The quantitative estimate of drug-likeness (QED) is 0.660. The Morgan fingerprint density at radius 3 is 2.53 bits per heavy atom. The van der Waals surface area contributed by atoms with E-state index in [1.54, 1.807) is 0 Å². The zero-order valence-electron chi connectivity index (χ0n) is 10.2. The summed E-state index contributed by atoms with van der Waals surface area (Å²) in [5.74, 6) is 0.694. The molecular formula is C16H12O2S. The minimum absolute atomic E-state index is 0.475. The number of thiophene rings is 1. The molecule has 0 atom stereocenters. The number of carbonyl (C=O) groups excluding carboxylic acids is 1. The molecule has 0 unspecified atom stereocenters. The largest absolute Gasteiger partial charge is 0.487 e. The highest BCUT2D eigenvalue weighted by molar-refractivity contribution is 7.21. The van der Waals surface area contributed by atoms with Crippen LogP contribution in [0.3, 0.4) is 0 Å². The number of rotatable bonds is 4. The van der Waals surface area contributed by atoms with Gasteiger partial charge in [0.05, 0.1) is 0 Å². The lowest BCUT2D eigenvalue weighted by molar-refractivity contribution is 0.112. The standard InChI is InChI=1S/C16H12O2S/c17-10-15-16(13-8-4-5-9-14(13)19-15)18-11-12-6-2-1-3-7-12/h1-10H,11H2. The van der Waals surface area contributed by atoms with Gasteiger partial charge in [0.15, 0.2) is 6.29 Å². The molecule has 0 saturated carbocycles. The highest BCUT2D eigenvalue weighted by Gasteiger charge is 2.12. The van der Waals surface area contributed by atoms with E-state index in [0.29, 0.717) is 17.2 Å². The summed E-state index contributed by atoms with van der Waals surface area (Å²) in [6.45, 7) is 0.475. The molecule has 0 bridgehead atoms. The lowest BCUT2D eigenvalue weighted by atomic mass is 10.2. The second kappa shape index (κ2) is 5.24. The molecule has 0 amide bonds. The number of carbonyl (C=O) groups is 1. The average Bonchev–Trinajstić information content (AvgIpc) is 2.84. The summed E-state index contributed by atoms with van der Waals surface area (Å²) in [5, 5.41) is 1.01. The van der Waals surface area contributed by atoms with Gasteiger partial charge in [-0.05, 0) is 17.7 Å². The van der Waals surface area contributed by atoms with Gasteiger partial charge in [0.25, 0.3) is 0 Å². The van der Waals surface area contributed by atoms with Crippen molar-refractivity contribution in [3.05, 3.63) is 65.0 Å². The Bertz CT molecular complexity index is 701. The number of ether oxygens (including phenoxy) is 1. The Morgan fingerprint density at radius 1 is 1.00 bits per heavy atom. The van der Waals surface area contributed by atoms with Crippen molar-refractivity contribution in [3.8, 4) is 5.75 Å². The molecule has 94 valence electrons. The summed E-state index contributed by atoms with van der Waals surface area (Å²) in [4.78, 5) is 11.8. The monoisotopic (exact) mass is 268 g/mol. The SMILES string of the molecule is O=Cc1sc2ccccc2c1OCc1ccccc1. The van der Waals surface area contributed by atoms with Crippen LogP contribution >= 0.6 is 11.3 Å². The summed E-state index contributed by atoms with van der Waals surface area (Å²) in [7, 11) is 0. The minimum Gasteiger partial charge on any atom is -0.487 e. The number of hydrogen-bond acceptors (Lipinski definition) is 3. The molecule has 3 heteroatoms. The molecule has 0 N–H and O–H groups in total. The Hall–Kier alpha value is -2.13. The van der Waals surface area contributed by atoms with Gasteiger partial charge in [0.2, 0.25) is 0 Å². The maximum absolute atomic E-state index is 11.1. The number of fused-ring (bicyclic) bond motifs is 1. The van der Waals surface area contributed by atoms with Crippen LogP contribution in [0.5, 0.6) is 5.75 Å². The molecule has 0 radical (unpaired) electrons. The molecule has 0 aliphatic heterocycles. The fourth-order valence-electron chi connectivity index (χ4n) is 2.00. The van der Waals surface area contributed by atoms with E-state index in [-0.39, 0.29) is 0 Å². The third-order valence-corrected chi connectivity index (χ3v) is 3.99. The first-order valence-electron chi connectivity index (χ1n) is 6.02. The summed E-state index contributed by atoms with van der Waals surface area (Å²) in [6.07, 6.45) is 0.866. The van der Waals surface area contributed by atoms with Crippen molar-refractivity contribution < 1.29 is 9.53 Å². The van der Waals surface area contributed by atoms with E-state index in [2.05, 4.69) is 0 Å². The molecule has 3 aromatic rings. The van der Waals surface area contributed by atoms with Crippen LogP contribution in [0.4, 0.5) is 0 Å². The van der Waals surface area contributed by atoms with Gasteiger partial charge in [-0.25, -0.2) is 0 Å². The molecule has 1 aromatic heterocycles. The lowest BCUT2D eigenvalue weighted by Crippen LogP contribution is -1.96. The fourth-order valence-corrected chi connectivity index (χ4v) is 2.96. The van der Waals surface area contributed by atoms with Crippen LogP contribution in [0.15, 0.2) is 54.6 Å². The number of benzene rings is 2. The third-order valence-electron chi connectivity index (χ3n) is 2.91. The first kappa shape index (κ1) is 11.9. The molecule has 0 spiro atoms. The van der Waals surface area contributed by atoms with Crippen LogP contribution in [-0.2, 0) is 6.61 Å². The van der Waals surface area contributed by atoms with Gasteiger partial charge in [-0.1, -0.05) is 42.5 Å². The van der Waals surface area contributed by atoms with Crippen LogP contribution in [-0.4, -0.2) is 6.29 Å².